The van der Waals surface area contributed by atoms with Gasteiger partial charge in [-0.25, -0.2) is 9.69 Å². The van der Waals surface area contributed by atoms with Crippen molar-refractivity contribution in [1.82, 2.24) is 4.90 Å². The molecule has 0 spiro atoms. The highest BCUT2D eigenvalue weighted by Gasteiger charge is 2.56. The summed E-state index contributed by atoms with van der Waals surface area (Å²) >= 11 is 0. The third-order valence-electron chi connectivity index (χ3n) is 5.83. The van der Waals surface area contributed by atoms with Gasteiger partial charge in [-0.15, -0.1) is 0 Å². The summed E-state index contributed by atoms with van der Waals surface area (Å²) in [6.45, 7) is 6.36. The van der Waals surface area contributed by atoms with Gasteiger partial charge in [0.25, 0.3) is 5.91 Å². The number of rotatable bonds is 7. The van der Waals surface area contributed by atoms with E-state index in [-0.39, 0.29) is 11.9 Å². The zero-order chi connectivity index (χ0) is 20.3. The lowest BCUT2D eigenvalue weighted by Gasteiger charge is -2.48. The molecule has 3 rings (SSSR count). The summed E-state index contributed by atoms with van der Waals surface area (Å²) in [4.78, 5) is 28.9. The largest absolute Gasteiger partial charge is 0.467 e. The van der Waals surface area contributed by atoms with Crippen molar-refractivity contribution in [2.45, 2.75) is 51.0 Å². The molecule has 0 N–H and O–H groups in total. The molecule has 150 valence electrons. The number of hydrogen-bond donors (Lipinski definition) is 0. The molecule has 0 radical (unpaired) electrons. The molecule has 7 heteroatoms. The molecule has 0 aliphatic carbocycles. The number of likely N-dealkylation sites (tertiary alicyclic amines) is 1. The molecule has 1 fully saturated rings. The van der Waals surface area contributed by atoms with Gasteiger partial charge in [0, 0.05) is 12.7 Å². The quantitative estimate of drug-likeness (QED) is 0.494. The minimum Gasteiger partial charge on any atom is -0.467 e. The first kappa shape index (κ1) is 20.4. The Bertz CT molecular complexity index is 797. The van der Waals surface area contributed by atoms with Gasteiger partial charge in [0.2, 0.25) is 0 Å². The average molecular weight is 401 g/mol. The fraction of sp³-hybridized carbons (Fsp3) is 0.429. The Morgan fingerprint density at radius 1 is 1.11 bits per heavy atom. The van der Waals surface area contributed by atoms with Gasteiger partial charge in [-0.3, -0.25) is 9.69 Å². The third kappa shape index (κ3) is 3.52. The van der Waals surface area contributed by atoms with E-state index in [4.69, 9.17) is 8.84 Å². The highest BCUT2D eigenvalue weighted by atomic mass is 28.4. The molecule has 0 bridgehead atoms. The van der Waals surface area contributed by atoms with Crippen LogP contribution in [0.5, 0.6) is 0 Å². The van der Waals surface area contributed by atoms with Crippen LogP contribution in [0.2, 0.25) is 18.1 Å². The molecule has 2 heterocycles. The second-order valence-corrected chi connectivity index (χ2v) is 11.9. The summed E-state index contributed by atoms with van der Waals surface area (Å²) < 4.78 is 12.0. The lowest BCUT2D eigenvalue weighted by Crippen LogP contribution is -2.66. The number of benzene rings is 1. The minimum atomic E-state index is -2.02. The number of imide groups is 1. The summed E-state index contributed by atoms with van der Waals surface area (Å²) in [6.07, 6.45) is 0.897. The zero-order valence-electron chi connectivity index (χ0n) is 16.9. The Labute approximate surface area is 167 Å². The number of amides is 3. The smallest absolute Gasteiger partial charge is 0.331 e. The number of anilines is 1. The lowest BCUT2D eigenvalue weighted by atomic mass is 9.96. The summed E-state index contributed by atoms with van der Waals surface area (Å²) in [5.74, 6) is 0.284. The maximum atomic E-state index is 13.1. The minimum absolute atomic E-state index is 0.290. The topological polar surface area (TPSA) is 63.0 Å². The number of urea groups is 1. The Morgan fingerprint density at radius 3 is 2.29 bits per heavy atom. The Hall–Kier alpha value is -2.38. The molecule has 0 unspecified atom stereocenters. The van der Waals surface area contributed by atoms with E-state index in [1.165, 1.54) is 9.80 Å². The molecule has 6 nitrogen and oxygen atoms in total. The summed E-state index contributed by atoms with van der Waals surface area (Å²) in [5.41, 5.74) is 0.724. The normalized spacial score (nSPS) is 19.4. The molecule has 3 amide bonds. The molecular formula is C21H28N2O4Si. The standard InChI is InChI=1S/C21H28N2O4Si/c1-5-28(6-2,7-3)27-19-18(17-14-11-15-26-17)23(20(19)24)21(25)22(4)16-12-9-8-10-13-16/h8-15,18-19H,5-7H2,1-4H3/t18-,19+/m0/s1. The van der Waals surface area contributed by atoms with Crippen LogP contribution in [0.1, 0.15) is 32.6 Å². The predicted octanol–water partition coefficient (Wildman–Crippen LogP) is 4.81. The van der Waals surface area contributed by atoms with Crippen molar-refractivity contribution in [3.05, 3.63) is 54.5 Å². The van der Waals surface area contributed by atoms with Crippen molar-refractivity contribution in [3.63, 3.8) is 0 Å². The molecule has 2 aromatic rings. The first-order chi connectivity index (χ1) is 13.5. The molecule has 28 heavy (non-hydrogen) atoms. The van der Waals surface area contributed by atoms with Gasteiger partial charge >= 0.3 is 6.03 Å². The van der Waals surface area contributed by atoms with Crippen LogP contribution >= 0.6 is 0 Å². The van der Waals surface area contributed by atoms with E-state index in [2.05, 4.69) is 20.8 Å². The van der Waals surface area contributed by atoms with Gasteiger partial charge in [-0.1, -0.05) is 39.0 Å². The summed E-state index contributed by atoms with van der Waals surface area (Å²) in [7, 11) is -0.348. The predicted molar refractivity (Wildman–Crippen MR) is 111 cm³/mol. The van der Waals surface area contributed by atoms with Crippen LogP contribution in [0.4, 0.5) is 10.5 Å². The SMILES string of the molecule is CC[Si](CC)(CC)O[C@H]1C(=O)N(C(=O)N(C)c2ccccc2)[C@H]1c1ccco1. The van der Waals surface area contributed by atoms with E-state index >= 15 is 0 Å². The molecule has 1 aliphatic heterocycles. The zero-order valence-corrected chi connectivity index (χ0v) is 17.9. The third-order valence-corrected chi connectivity index (χ3v) is 10.4. The maximum Gasteiger partial charge on any atom is 0.331 e. The number of carbonyl (C=O) groups is 2. The van der Waals surface area contributed by atoms with Gasteiger partial charge in [-0.2, -0.15) is 0 Å². The van der Waals surface area contributed by atoms with Crippen molar-refractivity contribution in [2.24, 2.45) is 0 Å². The van der Waals surface area contributed by atoms with Crippen molar-refractivity contribution in [1.29, 1.82) is 0 Å². The van der Waals surface area contributed by atoms with Crippen molar-refractivity contribution in [2.75, 3.05) is 11.9 Å². The molecule has 2 atom stereocenters. The van der Waals surface area contributed by atoms with Crippen LogP contribution in [0, 0.1) is 0 Å². The molecule has 1 aromatic heterocycles. The van der Waals surface area contributed by atoms with E-state index < -0.39 is 20.5 Å². The van der Waals surface area contributed by atoms with Gasteiger partial charge in [0.15, 0.2) is 14.4 Å². The van der Waals surface area contributed by atoms with Crippen LogP contribution in [0.25, 0.3) is 0 Å². The lowest BCUT2D eigenvalue weighted by molar-refractivity contribution is -0.159. The van der Waals surface area contributed by atoms with Crippen LogP contribution in [-0.4, -0.2) is 38.3 Å². The molecule has 1 saturated heterocycles. The fourth-order valence-electron chi connectivity index (χ4n) is 3.72. The highest BCUT2D eigenvalue weighted by molar-refractivity contribution is 6.73. The van der Waals surface area contributed by atoms with Gasteiger partial charge in [0.05, 0.1) is 6.26 Å². The number of para-hydroxylation sites is 1. The van der Waals surface area contributed by atoms with E-state index in [0.717, 1.165) is 23.8 Å². The number of β-lactam (4-membered cyclic amide) rings is 1. The van der Waals surface area contributed by atoms with Crippen LogP contribution in [0.3, 0.4) is 0 Å². The average Bonchev–Trinajstić information content (AvgIpc) is 3.26. The van der Waals surface area contributed by atoms with Gasteiger partial charge < -0.3 is 8.84 Å². The van der Waals surface area contributed by atoms with Crippen LogP contribution in [0.15, 0.2) is 53.1 Å². The number of furan rings is 1. The van der Waals surface area contributed by atoms with Crippen molar-refractivity contribution < 1.29 is 18.4 Å². The van der Waals surface area contributed by atoms with Gasteiger partial charge in [0.1, 0.15) is 11.8 Å². The second-order valence-electron chi connectivity index (χ2n) is 7.13. The second kappa shape index (κ2) is 8.32. The monoisotopic (exact) mass is 400 g/mol. The molecule has 1 aromatic carbocycles. The number of carbonyl (C=O) groups excluding carboxylic acids is 2. The van der Waals surface area contributed by atoms with E-state index in [9.17, 15) is 9.59 Å². The Balaban J connectivity index is 1.88. The van der Waals surface area contributed by atoms with Crippen LogP contribution in [-0.2, 0) is 9.22 Å². The van der Waals surface area contributed by atoms with E-state index in [1.807, 2.05) is 30.3 Å². The molecular weight excluding hydrogens is 372 g/mol. The maximum absolute atomic E-state index is 13.1. The Kier molecular flexibility index (Phi) is 6.05. The van der Waals surface area contributed by atoms with Crippen LogP contribution < -0.4 is 4.90 Å². The van der Waals surface area contributed by atoms with E-state index in [1.54, 1.807) is 25.4 Å². The number of hydrogen-bond acceptors (Lipinski definition) is 4. The molecule has 1 aliphatic rings. The molecule has 0 saturated carbocycles. The summed E-state index contributed by atoms with van der Waals surface area (Å²) in [5, 5.41) is 0. The Morgan fingerprint density at radius 2 is 1.75 bits per heavy atom. The summed E-state index contributed by atoms with van der Waals surface area (Å²) in [6, 6.07) is 14.7. The van der Waals surface area contributed by atoms with Crippen molar-refractivity contribution in [3.8, 4) is 0 Å². The first-order valence-electron chi connectivity index (χ1n) is 9.85. The van der Waals surface area contributed by atoms with Crippen molar-refractivity contribution >= 4 is 25.9 Å². The highest BCUT2D eigenvalue weighted by Crippen LogP contribution is 2.41. The fourth-order valence-corrected chi connectivity index (χ4v) is 6.49. The number of nitrogens with zero attached hydrogens (tertiary/aromatic N) is 2. The van der Waals surface area contributed by atoms with Gasteiger partial charge in [-0.05, 0) is 42.4 Å². The first-order valence-corrected chi connectivity index (χ1v) is 12.4. The van der Waals surface area contributed by atoms with E-state index in [0.29, 0.717) is 5.76 Å².